The topological polar surface area (TPSA) is 65.7 Å². The maximum absolute atomic E-state index is 14.3. The van der Waals surface area contributed by atoms with Gasteiger partial charge < -0.3 is 19.7 Å². The number of aromatic carboxylic acids is 1. The molecule has 0 amide bonds. The van der Waals surface area contributed by atoms with Gasteiger partial charge in [-0.05, 0) is 19.9 Å². The molecule has 0 radical (unpaired) electrons. The van der Waals surface area contributed by atoms with Crippen LogP contribution in [0.2, 0.25) is 0 Å². The zero-order valence-corrected chi connectivity index (χ0v) is 11.9. The summed E-state index contributed by atoms with van der Waals surface area (Å²) < 4.78 is 19.4. The van der Waals surface area contributed by atoms with Crippen LogP contribution in [0.5, 0.6) is 0 Å². The van der Waals surface area contributed by atoms with E-state index in [9.17, 15) is 9.18 Å². The van der Waals surface area contributed by atoms with Gasteiger partial charge in [0.15, 0.2) is 0 Å². The number of carboxylic acid groups (broad SMARTS) is 1. The molecule has 0 bridgehead atoms. The van der Waals surface area contributed by atoms with E-state index >= 15 is 0 Å². The summed E-state index contributed by atoms with van der Waals surface area (Å²) >= 11 is 0. The van der Waals surface area contributed by atoms with Gasteiger partial charge in [-0.1, -0.05) is 0 Å². The summed E-state index contributed by atoms with van der Waals surface area (Å²) in [6.45, 7) is 5.43. The number of anilines is 1. The van der Waals surface area contributed by atoms with Crippen LogP contribution in [0.4, 0.5) is 10.1 Å². The number of hydrogen-bond donors (Lipinski definition) is 2. The number of carboxylic acids is 1. The van der Waals surface area contributed by atoms with E-state index in [1.54, 1.807) is 6.07 Å². The van der Waals surface area contributed by atoms with Crippen molar-refractivity contribution < 1.29 is 18.7 Å². The van der Waals surface area contributed by atoms with Crippen LogP contribution >= 0.6 is 0 Å². The molecule has 112 valence electrons. The molecule has 1 fully saturated rings. The first kappa shape index (κ1) is 13.9. The van der Waals surface area contributed by atoms with E-state index in [0.29, 0.717) is 24.2 Å². The summed E-state index contributed by atoms with van der Waals surface area (Å²) in [4.78, 5) is 13.1. The van der Waals surface area contributed by atoms with Crippen molar-refractivity contribution in [1.82, 2.24) is 5.32 Å². The molecule has 0 saturated carbocycles. The molecule has 3 rings (SSSR count). The highest BCUT2D eigenvalue weighted by atomic mass is 19.1. The molecule has 1 aliphatic rings. The fourth-order valence-corrected chi connectivity index (χ4v) is 2.97. The Kier molecular flexibility index (Phi) is 3.33. The van der Waals surface area contributed by atoms with Gasteiger partial charge in [0.2, 0.25) is 0 Å². The predicted molar refractivity (Wildman–Crippen MR) is 77.4 cm³/mol. The number of furan rings is 1. The molecule has 2 atom stereocenters. The van der Waals surface area contributed by atoms with Gasteiger partial charge in [0.25, 0.3) is 0 Å². The van der Waals surface area contributed by atoms with E-state index in [1.807, 2.05) is 18.7 Å². The van der Waals surface area contributed by atoms with Crippen LogP contribution in [-0.2, 0) is 0 Å². The number of nitrogens with one attached hydrogen (secondary N) is 1. The van der Waals surface area contributed by atoms with E-state index in [0.717, 1.165) is 6.26 Å². The lowest BCUT2D eigenvalue weighted by Crippen LogP contribution is -2.54. The first-order valence-corrected chi connectivity index (χ1v) is 6.90. The molecule has 0 spiro atoms. The minimum absolute atomic E-state index is 0.0579. The smallest absolute Gasteiger partial charge is 0.339 e. The summed E-state index contributed by atoms with van der Waals surface area (Å²) in [6, 6.07) is 3.32. The molecule has 1 saturated heterocycles. The Morgan fingerprint density at radius 3 is 2.67 bits per heavy atom. The molecular formula is C15H17FN2O3. The van der Waals surface area contributed by atoms with Crippen molar-refractivity contribution in [2.75, 3.05) is 18.0 Å². The third-order valence-electron chi connectivity index (χ3n) is 3.77. The van der Waals surface area contributed by atoms with E-state index in [4.69, 9.17) is 9.52 Å². The van der Waals surface area contributed by atoms with E-state index in [2.05, 4.69) is 5.32 Å². The van der Waals surface area contributed by atoms with Gasteiger partial charge in [0, 0.05) is 36.6 Å². The van der Waals surface area contributed by atoms with Crippen LogP contribution < -0.4 is 10.2 Å². The summed E-state index contributed by atoms with van der Waals surface area (Å²) in [5.41, 5.74) is 0.735. The second-order valence-electron chi connectivity index (χ2n) is 5.63. The molecule has 2 N–H and O–H groups in total. The van der Waals surface area contributed by atoms with Crippen LogP contribution in [0.15, 0.2) is 22.8 Å². The Hall–Kier alpha value is -2.08. The Morgan fingerprint density at radius 2 is 2.05 bits per heavy atom. The molecule has 2 heterocycles. The average Bonchev–Trinajstić information content (AvgIpc) is 2.79. The van der Waals surface area contributed by atoms with Gasteiger partial charge in [-0.15, -0.1) is 0 Å². The highest BCUT2D eigenvalue weighted by molar-refractivity contribution is 6.03. The van der Waals surface area contributed by atoms with Gasteiger partial charge >= 0.3 is 5.97 Å². The fraction of sp³-hybridized carbons (Fsp3) is 0.400. The summed E-state index contributed by atoms with van der Waals surface area (Å²) in [7, 11) is 0. The number of nitrogens with zero attached hydrogens (tertiary/aromatic N) is 1. The monoisotopic (exact) mass is 292 g/mol. The third-order valence-corrected chi connectivity index (χ3v) is 3.77. The highest BCUT2D eigenvalue weighted by Gasteiger charge is 2.25. The number of rotatable bonds is 2. The normalized spacial score (nSPS) is 22.7. The van der Waals surface area contributed by atoms with E-state index in [-0.39, 0.29) is 23.2 Å². The van der Waals surface area contributed by atoms with Crippen molar-refractivity contribution in [2.24, 2.45) is 0 Å². The fourth-order valence-electron chi connectivity index (χ4n) is 2.97. The second kappa shape index (κ2) is 5.04. The quantitative estimate of drug-likeness (QED) is 0.890. The molecule has 1 aliphatic heterocycles. The van der Waals surface area contributed by atoms with Crippen LogP contribution in [0, 0.1) is 5.82 Å². The van der Waals surface area contributed by atoms with Gasteiger partial charge in [-0.2, -0.15) is 0 Å². The van der Waals surface area contributed by atoms with Crippen LogP contribution in [0.3, 0.4) is 0 Å². The van der Waals surface area contributed by atoms with Crippen molar-refractivity contribution in [1.29, 1.82) is 0 Å². The molecule has 21 heavy (non-hydrogen) atoms. The average molecular weight is 292 g/mol. The predicted octanol–water partition coefficient (Wildman–Crippen LogP) is 2.46. The van der Waals surface area contributed by atoms with E-state index < -0.39 is 11.8 Å². The van der Waals surface area contributed by atoms with Gasteiger partial charge in [0.05, 0.1) is 5.69 Å². The third kappa shape index (κ3) is 2.47. The Morgan fingerprint density at radius 1 is 1.38 bits per heavy atom. The molecule has 2 unspecified atom stereocenters. The zero-order valence-electron chi connectivity index (χ0n) is 11.9. The van der Waals surface area contributed by atoms with Crippen molar-refractivity contribution >= 4 is 22.6 Å². The van der Waals surface area contributed by atoms with Crippen molar-refractivity contribution in [3.8, 4) is 0 Å². The molecule has 5 nitrogen and oxygen atoms in total. The van der Waals surface area contributed by atoms with Crippen LogP contribution in [-0.4, -0.2) is 36.2 Å². The van der Waals surface area contributed by atoms with Gasteiger partial charge in [0.1, 0.15) is 23.2 Å². The lowest BCUT2D eigenvalue weighted by Gasteiger charge is -2.37. The lowest BCUT2D eigenvalue weighted by atomic mass is 10.1. The number of hydrogen-bond acceptors (Lipinski definition) is 4. The Bertz CT molecular complexity index is 688. The summed E-state index contributed by atoms with van der Waals surface area (Å²) in [5, 5.41) is 13.0. The molecule has 1 aromatic heterocycles. The number of carbonyl (C=O) groups is 1. The van der Waals surface area contributed by atoms with Gasteiger partial charge in [-0.3, -0.25) is 0 Å². The van der Waals surface area contributed by atoms with E-state index in [1.165, 1.54) is 6.07 Å². The maximum atomic E-state index is 14.3. The summed E-state index contributed by atoms with van der Waals surface area (Å²) in [6.07, 6.45) is 1.15. The minimum atomic E-state index is -1.08. The molecule has 6 heteroatoms. The Labute approximate surface area is 121 Å². The van der Waals surface area contributed by atoms with Crippen LogP contribution in [0.1, 0.15) is 24.2 Å². The maximum Gasteiger partial charge on any atom is 0.339 e. The number of benzene rings is 1. The molecular weight excluding hydrogens is 275 g/mol. The number of piperazine rings is 1. The molecule has 0 aliphatic carbocycles. The number of halogens is 1. The molecule has 1 aromatic carbocycles. The Balaban J connectivity index is 2.07. The minimum Gasteiger partial charge on any atom is -0.478 e. The van der Waals surface area contributed by atoms with Gasteiger partial charge in [-0.25, -0.2) is 9.18 Å². The second-order valence-corrected chi connectivity index (χ2v) is 5.63. The van der Waals surface area contributed by atoms with Crippen molar-refractivity contribution in [3.63, 3.8) is 0 Å². The SMILES string of the molecule is CC1CN(c2cc3c(C(=O)O)coc3cc2F)CC(C)N1. The standard InChI is InChI=1S/C15H17FN2O3/c1-8-5-18(6-9(2)17-8)13-3-10-11(15(19)20)7-21-14(10)4-12(13)16/h3-4,7-9,17H,5-6H2,1-2H3,(H,19,20). The number of fused-ring (bicyclic) bond motifs is 1. The van der Waals surface area contributed by atoms with Crippen molar-refractivity contribution in [2.45, 2.75) is 25.9 Å². The first-order valence-electron chi connectivity index (χ1n) is 6.90. The van der Waals surface area contributed by atoms with Crippen LogP contribution in [0.25, 0.3) is 11.0 Å². The molecule has 2 aromatic rings. The summed E-state index contributed by atoms with van der Waals surface area (Å²) in [5.74, 6) is -1.47. The lowest BCUT2D eigenvalue weighted by molar-refractivity contribution is 0.0698. The highest BCUT2D eigenvalue weighted by Crippen LogP contribution is 2.30. The van der Waals surface area contributed by atoms with Crippen molar-refractivity contribution in [3.05, 3.63) is 29.8 Å². The first-order chi connectivity index (χ1) is 9.95. The largest absolute Gasteiger partial charge is 0.478 e. The zero-order chi connectivity index (χ0) is 15.1.